The summed E-state index contributed by atoms with van der Waals surface area (Å²) in [4.78, 5) is 12.3. The lowest BCUT2D eigenvalue weighted by Gasteiger charge is -2.38. The maximum atomic E-state index is 12.3. The summed E-state index contributed by atoms with van der Waals surface area (Å²) in [7, 11) is -1.69. The van der Waals surface area contributed by atoms with Crippen molar-refractivity contribution in [1.29, 1.82) is 0 Å². The van der Waals surface area contributed by atoms with Crippen molar-refractivity contribution >= 4 is 13.9 Å². The molecule has 1 rings (SSSR count). The molecule has 0 aliphatic rings. The molecule has 1 atom stereocenters. The number of benzene rings is 1. The average Bonchev–Trinajstić information content (AvgIpc) is 2.47. The Morgan fingerprint density at radius 2 is 1.39 bits per heavy atom. The second-order valence-corrected chi connectivity index (χ2v) is 13.1. The van der Waals surface area contributed by atoms with Crippen LogP contribution in [0.2, 0.25) is 16.6 Å². The van der Waals surface area contributed by atoms with Crippen LogP contribution in [0.15, 0.2) is 30.3 Å². The largest absolute Gasteiger partial charge is 0.294 e. The first-order valence-corrected chi connectivity index (χ1v) is 11.1. The molecular formula is C21H32OSi. The van der Waals surface area contributed by atoms with Crippen molar-refractivity contribution in [2.45, 2.75) is 71.5 Å². The van der Waals surface area contributed by atoms with Crippen LogP contribution < -0.4 is 0 Å². The molecule has 0 spiro atoms. The molecule has 0 aromatic heterocycles. The third-order valence-corrected chi connectivity index (χ3v) is 11.3. The number of Topliss-reactive ketones (excluding diaryl/α,β-unsaturated/α-hetero) is 1. The zero-order valence-electron chi connectivity index (χ0n) is 15.8. The molecule has 1 aromatic rings. The van der Waals surface area contributed by atoms with E-state index in [2.05, 4.69) is 59.9 Å². The van der Waals surface area contributed by atoms with Gasteiger partial charge in [-0.1, -0.05) is 78.8 Å². The number of carbonyl (C=O) groups is 1. The van der Waals surface area contributed by atoms with E-state index >= 15 is 0 Å². The Bertz CT molecular complexity index is 539. The first kappa shape index (κ1) is 19.7. The predicted octanol–water partition coefficient (Wildman–Crippen LogP) is 6.12. The average molecular weight is 329 g/mol. The van der Waals surface area contributed by atoms with Crippen LogP contribution in [0.3, 0.4) is 0 Å². The van der Waals surface area contributed by atoms with Gasteiger partial charge in [0.15, 0.2) is 5.78 Å². The van der Waals surface area contributed by atoms with Crippen molar-refractivity contribution < 1.29 is 4.79 Å². The van der Waals surface area contributed by atoms with Gasteiger partial charge in [-0.2, -0.15) is 0 Å². The van der Waals surface area contributed by atoms with Crippen LogP contribution in [-0.4, -0.2) is 13.9 Å². The minimum absolute atomic E-state index is 0.117. The lowest BCUT2D eigenvalue weighted by Crippen LogP contribution is -2.43. The van der Waals surface area contributed by atoms with Crippen molar-refractivity contribution in [2.24, 2.45) is 5.92 Å². The number of carbonyl (C=O) groups excluding carboxylic acids is 1. The highest BCUT2D eigenvalue weighted by Gasteiger charge is 2.41. The van der Waals surface area contributed by atoms with Crippen LogP contribution in [0.4, 0.5) is 0 Å². The molecule has 0 aliphatic carbocycles. The van der Waals surface area contributed by atoms with Gasteiger partial charge in [0.2, 0.25) is 0 Å². The second kappa shape index (κ2) is 8.50. The van der Waals surface area contributed by atoms with Gasteiger partial charge in [-0.3, -0.25) is 4.79 Å². The highest BCUT2D eigenvalue weighted by molar-refractivity contribution is 6.90. The summed E-state index contributed by atoms with van der Waals surface area (Å²) < 4.78 is 0. The maximum Gasteiger partial charge on any atom is 0.164 e. The minimum Gasteiger partial charge on any atom is -0.294 e. The van der Waals surface area contributed by atoms with Crippen molar-refractivity contribution in [3.05, 3.63) is 35.9 Å². The summed E-state index contributed by atoms with van der Waals surface area (Å²) in [5, 5.41) is 0. The molecule has 1 nitrogen and oxygen atoms in total. The van der Waals surface area contributed by atoms with E-state index in [9.17, 15) is 4.79 Å². The molecule has 0 fully saturated rings. The molecule has 0 aliphatic heterocycles. The third kappa shape index (κ3) is 4.82. The van der Waals surface area contributed by atoms with E-state index in [4.69, 9.17) is 0 Å². The molecule has 126 valence electrons. The zero-order chi connectivity index (χ0) is 17.6. The zero-order valence-corrected chi connectivity index (χ0v) is 16.8. The Hall–Kier alpha value is -1.33. The Morgan fingerprint density at radius 3 is 1.83 bits per heavy atom. The van der Waals surface area contributed by atoms with E-state index < -0.39 is 8.07 Å². The van der Waals surface area contributed by atoms with Crippen LogP contribution >= 0.6 is 0 Å². The maximum absolute atomic E-state index is 12.3. The Morgan fingerprint density at radius 1 is 0.913 bits per heavy atom. The van der Waals surface area contributed by atoms with E-state index in [0.717, 1.165) is 5.56 Å². The second-order valence-electron chi connectivity index (χ2n) is 7.56. The van der Waals surface area contributed by atoms with Crippen molar-refractivity contribution in [2.75, 3.05) is 0 Å². The highest BCUT2D eigenvalue weighted by atomic mass is 28.3. The summed E-state index contributed by atoms with van der Waals surface area (Å²) in [5.41, 5.74) is 6.41. The molecule has 0 saturated heterocycles. The van der Waals surface area contributed by atoms with E-state index in [1.165, 1.54) is 0 Å². The Labute approximate surface area is 143 Å². The van der Waals surface area contributed by atoms with Crippen molar-refractivity contribution in [3.8, 4) is 11.5 Å². The fourth-order valence-corrected chi connectivity index (χ4v) is 9.11. The topological polar surface area (TPSA) is 17.1 Å². The highest BCUT2D eigenvalue weighted by Crippen LogP contribution is 2.40. The molecule has 0 unspecified atom stereocenters. The van der Waals surface area contributed by atoms with E-state index in [0.29, 0.717) is 23.0 Å². The minimum atomic E-state index is -1.69. The SMILES string of the molecule is CC(C)[Si](C#C[C@H](C)CC(=O)c1ccccc1)(C(C)C)C(C)C. The normalized spacial score (nSPS) is 13.1. The molecule has 0 radical (unpaired) electrons. The van der Waals surface area contributed by atoms with Crippen LogP contribution in [0.1, 0.15) is 65.2 Å². The monoisotopic (exact) mass is 328 g/mol. The third-order valence-electron chi connectivity index (χ3n) is 4.99. The van der Waals surface area contributed by atoms with Gasteiger partial charge in [-0.25, -0.2) is 0 Å². The lowest BCUT2D eigenvalue weighted by molar-refractivity contribution is 0.0973. The fourth-order valence-electron chi connectivity index (χ4n) is 3.75. The van der Waals surface area contributed by atoms with Crippen LogP contribution in [0.5, 0.6) is 0 Å². The molecule has 23 heavy (non-hydrogen) atoms. The summed E-state index contributed by atoms with van der Waals surface area (Å²) in [6.07, 6.45) is 0.510. The standard InChI is InChI=1S/C21H32OSi/c1-16(2)23(17(3)4,18(5)6)14-13-19(7)15-21(22)20-11-9-8-10-12-20/h8-12,16-19H,15H2,1-7H3/t19-/m0/s1. The Balaban J connectivity index is 2.92. The van der Waals surface area contributed by atoms with E-state index in [1.54, 1.807) is 0 Å². The number of hydrogen-bond donors (Lipinski definition) is 0. The van der Waals surface area contributed by atoms with Gasteiger partial charge in [0.05, 0.1) is 0 Å². The first-order valence-electron chi connectivity index (χ1n) is 8.82. The lowest BCUT2D eigenvalue weighted by atomic mass is 10.0. The van der Waals surface area contributed by atoms with Crippen LogP contribution in [-0.2, 0) is 0 Å². The van der Waals surface area contributed by atoms with Gasteiger partial charge < -0.3 is 0 Å². The molecule has 2 heteroatoms. The van der Waals surface area contributed by atoms with E-state index in [-0.39, 0.29) is 11.7 Å². The summed E-state index contributed by atoms with van der Waals surface area (Å²) in [6, 6.07) is 9.54. The van der Waals surface area contributed by atoms with Gasteiger partial charge in [0.1, 0.15) is 8.07 Å². The summed E-state index contributed by atoms with van der Waals surface area (Å²) >= 11 is 0. The van der Waals surface area contributed by atoms with E-state index in [1.807, 2.05) is 30.3 Å². The molecule has 0 bridgehead atoms. The quantitative estimate of drug-likeness (QED) is 0.349. The van der Waals surface area contributed by atoms with Gasteiger partial charge in [-0.05, 0) is 16.6 Å². The Kier molecular flexibility index (Phi) is 7.29. The van der Waals surface area contributed by atoms with Crippen LogP contribution in [0, 0.1) is 17.4 Å². The van der Waals surface area contributed by atoms with Crippen LogP contribution in [0.25, 0.3) is 0 Å². The molecule has 1 aromatic carbocycles. The predicted molar refractivity (Wildman–Crippen MR) is 103 cm³/mol. The summed E-state index contributed by atoms with van der Waals surface area (Å²) in [5.74, 6) is 3.77. The fraction of sp³-hybridized carbons (Fsp3) is 0.571. The first-order chi connectivity index (χ1) is 10.7. The number of rotatable bonds is 6. The smallest absolute Gasteiger partial charge is 0.164 e. The molecule has 0 saturated carbocycles. The van der Waals surface area contributed by atoms with Crippen molar-refractivity contribution in [1.82, 2.24) is 0 Å². The molecule has 0 N–H and O–H groups in total. The number of ketones is 1. The molecule has 0 amide bonds. The molecular weight excluding hydrogens is 296 g/mol. The van der Waals surface area contributed by atoms with Crippen molar-refractivity contribution in [3.63, 3.8) is 0 Å². The summed E-state index contributed by atoms with van der Waals surface area (Å²) in [6.45, 7) is 16.0. The van der Waals surface area contributed by atoms with Gasteiger partial charge in [0, 0.05) is 17.9 Å². The number of hydrogen-bond acceptors (Lipinski definition) is 1. The van der Waals surface area contributed by atoms with Gasteiger partial charge >= 0.3 is 0 Å². The van der Waals surface area contributed by atoms with Gasteiger partial charge in [0.25, 0.3) is 0 Å². The molecule has 0 heterocycles. The van der Waals surface area contributed by atoms with Gasteiger partial charge in [-0.15, -0.1) is 11.5 Å².